The van der Waals surface area contributed by atoms with Crippen molar-refractivity contribution in [3.63, 3.8) is 0 Å². The van der Waals surface area contributed by atoms with Crippen molar-refractivity contribution in [2.75, 3.05) is 5.33 Å². The van der Waals surface area contributed by atoms with Gasteiger partial charge in [-0.25, -0.2) is 5.43 Å². The van der Waals surface area contributed by atoms with Gasteiger partial charge < -0.3 is 5.43 Å². The van der Waals surface area contributed by atoms with Crippen LogP contribution in [0.5, 0.6) is 0 Å². The predicted molar refractivity (Wildman–Crippen MR) is 81.5 cm³/mol. The maximum absolute atomic E-state index is 3.59. The van der Waals surface area contributed by atoms with Gasteiger partial charge >= 0.3 is 0 Å². The highest BCUT2D eigenvalue weighted by molar-refractivity contribution is 9.09. The van der Waals surface area contributed by atoms with Crippen LogP contribution in [0.4, 0.5) is 0 Å². The lowest BCUT2D eigenvalue weighted by molar-refractivity contribution is 0.215. The van der Waals surface area contributed by atoms with E-state index < -0.39 is 0 Å². The molecule has 2 nitrogen and oxygen atoms in total. The number of halogens is 1. The summed E-state index contributed by atoms with van der Waals surface area (Å²) in [6, 6.07) is 0.638. The van der Waals surface area contributed by atoms with E-state index in [4.69, 9.17) is 0 Å². The largest absolute Gasteiger partial charge is 0.326 e. The van der Waals surface area contributed by atoms with E-state index in [-0.39, 0.29) is 0 Å². The quantitative estimate of drug-likeness (QED) is 0.605. The number of hydrogen-bond donors (Lipinski definition) is 2. The molecule has 1 unspecified atom stereocenters. The smallest absolute Gasteiger partial charge is 0.0288 e. The summed E-state index contributed by atoms with van der Waals surface area (Å²) in [4.78, 5) is 0. The maximum atomic E-state index is 3.59. The molecule has 0 heterocycles. The minimum atomic E-state index is 0.638. The molecule has 0 saturated heterocycles. The third-order valence-corrected chi connectivity index (χ3v) is 5.36. The Balaban J connectivity index is 1.81. The molecule has 18 heavy (non-hydrogen) atoms. The Hall–Kier alpha value is -0.0200. The van der Waals surface area contributed by atoms with E-state index >= 15 is 0 Å². The van der Waals surface area contributed by atoms with Gasteiger partial charge in [-0.1, -0.05) is 42.3 Å². The molecular weight excluding hydrogens is 288 g/mol. The third-order valence-electron chi connectivity index (χ3n) is 4.53. The first-order valence-electron chi connectivity index (χ1n) is 7.47. The minimum Gasteiger partial charge on any atom is -0.326 e. The van der Waals surface area contributed by atoms with E-state index in [2.05, 4.69) is 46.7 Å². The molecule has 0 aromatic carbocycles. The fourth-order valence-electron chi connectivity index (χ4n) is 3.15. The van der Waals surface area contributed by atoms with Gasteiger partial charge in [0.05, 0.1) is 0 Å². The van der Waals surface area contributed by atoms with Gasteiger partial charge in [-0.15, -0.1) is 0 Å². The molecule has 0 aromatic heterocycles. The highest BCUT2D eigenvalue weighted by atomic mass is 79.9. The number of rotatable bonds is 4. The van der Waals surface area contributed by atoms with Gasteiger partial charge in [0.15, 0.2) is 0 Å². The number of nitrogens with one attached hydrogen (secondary N) is 2. The van der Waals surface area contributed by atoms with Crippen LogP contribution in [-0.2, 0) is 0 Å². The van der Waals surface area contributed by atoms with Crippen molar-refractivity contribution < 1.29 is 0 Å². The molecule has 0 radical (unpaired) electrons. The average molecular weight is 315 g/mol. The molecule has 0 bridgehead atoms. The van der Waals surface area contributed by atoms with Crippen molar-refractivity contribution >= 4 is 15.9 Å². The first-order valence-corrected chi connectivity index (χ1v) is 8.59. The maximum Gasteiger partial charge on any atom is 0.0288 e. The molecule has 2 rings (SSSR count). The molecule has 2 aliphatic rings. The van der Waals surface area contributed by atoms with Crippen LogP contribution in [0.25, 0.3) is 0 Å². The van der Waals surface area contributed by atoms with E-state index in [1.165, 1.54) is 44.2 Å². The van der Waals surface area contributed by atoms with Crippen molar-refractivity contribution in [1.82, 2.24) is 10.9 Å². The second-order valence-corrected chi connectivity index (χ2v) is 6.92. The SMILES string of the molecule is C[C@H]1CC[C@H](C)[C@H](NNC2=CC(CBr)CCC2)C1. The van der Waals surface area contributed by atoms with Crippen molar-refractivity contribution in [3.8, 4) is 0 Å². The Morgan fingerprint density at radius 1 is 1.28 bits per heavy atom. The molecule has 0 amide bonds. The first kappa shape index (κ1) is 14.4. The Bertz CT molecular complexity index is 290. The summed E-state index contributed by atoms with van der Waals surface area (Å²) in [5.41, 5.74) is 8.48. The van der Waals surface area contributed by atoms with Gasteiger partial charge in [-0.2, -0.15) is 0 Å². The van der Waals surface area contributed by atoms with E-state index in [1.807, 2.05) is 0 Å². The van der Waals surface area contributed by atoms with Crippen molar-refractivity contribution in [1.29, 1.82) is 0 Å². The Morgan fingerprint density at radius 3 is 2.89 bits per heavy atom. The summed E-state index contributed by atoms with van der Waals surface area (Å²) >= 11 is 3.59. The zero-order valence-corrected chi connectivity index (χ0v) is 13.3. The van der Waals surface area contributed by atoms with Gasteiger partial charge in [0, 0.05) is 17.1 Å². The van der Waals surface area contributed by atoms with Gasteiger partial charge in [0.1, 0.15) is 0 Å². The molecular formula is C15H27BrN2. The summed E-state index contributed by atoms with van der Waals surface area (Å²) in [5, 5.41) is 1.09. The van der Waals surface area contributed by atoms with E-state index in [0.717, 1.165) is 17.2 Å². The monoisotopic (exact) mass is 314 g/mol. The normalized spacial score (nSPS) is 37.2. The lowest BCUT2D eigenvalue weighted by atomic mass is 9.80. The average Bonchev–Trinajstić information content (AvgIpc) is 2.40. The zero-order chi connectivity index (χ0) is 13.0. The van der Waals surface area contributed by atoms with E-state index in [1.54, 1.807) is 0 Å². The van der Waals surface area contributed by atoms with E-state index in [9.17, 15) is 0 Å². The molecule has 104 valence electrons. The summed E-state index contributed by atoms with van der Waals surface area (Å²) in [6.07, 6.45) is 10.3. The van der Waals surface area contributed by atoms with Crippen LogP contribution >= 0.6 is 15.9 Å². The number of hydrazine groups is 1. The summed E-state index contributed by atoms with van der Waals surface area (Å²) < 4.78 is 0. The van der Waals surface area contributed by atoms with Gasteiger partial charge in [-0.3, -0.25) is 0 Å². The number of hydrogen-bond acceptors (Lipinski definition) is 2. The predicted octanol–water partition coefficient (Wildman–Crippen LogP) is 3.98. The van der Waals surface area contributed by atoms with Crippen molar-refractivity contribution in [2.24, 2.45) is 17.8 Å². The Morgan fingerprint density at radius 2 is 2.11 bits per heavy atom. The van der Waals surface area contributed by atoms with Gasteiger partial charge in [-0.05, 0) is 49.9 Å². The van der Waals surface area contributed by atoms with Crippen LogP contribution in [-0.4, -0.2) is 11.4 Å². The second-order valence-electron chi connectivity index (χ2n) is 6.27. The minimum absolute atomic E-state index is 0.638. The molecule has 3 heteroatoms. The standard InChI is InChI=1S/C15H27BrN2/c1-11-6-7-12(2)15(8-11)18-17-14-5-3-4-13(9-14)10-16/h9,11-13,15,17-18H,3-8,10H2,1-2H3/t11-,12-,13?,15+/m0/s1. The first-order chi connectivity index (χ1) is 8.69. The molecule has 1 fully saturated rings. The van der Waals surface area contributed by atoms with Crippen LogP contribution in [0.1, 0.15) is 52.4 Å². The highest BCUT2D eigenvalue weighted by Gasteiger charge is 2.25. The van der Waals surface area contributed by atoms with Crippen molar-refractivity contribution in [2.45, 2.75) is 58.4 Å². The highest BCUT2D eigenvalue weighted by Crippen LogP contribution is 2.28. The summed E-state index contributed by atoms with van der Waals surface area (Å²) in [7, 11) is 0. The molecule has 2 aliphatic carbocycles. The van der Waals surface area contributed by atoms with Gasteiger partial charge in [0.2, 0.25) is 0 Å². The van der Waals surface area contributed by atoms with Crippen LogP contribution in [0.15, 0.2) is 11.8 Å². The molecule has 1 saturated carbocycles. The fourth-order valence-corrected chi connectivity index (χ4v) is 3.66. The number of alkyl halides is 1. The molecule has 4 atom stereocenters. The lowest BCUT2D eigenvalue weighted by Gasteiger charge is -2.34. The topological polar surface area (TPSA) is 24.1 Å². The Labute approximate surface area is 120 Å². The van der Waals surface area contributed by atoms with Crippen LogP contribution in [0.3, 0.4) is 0 Å². The number of allylic oxidation sites excluding steroid dienone is 2. The third kappa shape index (κ3) is 3.99. The van der Waals surface area contributed by atoms with Gasteiger partial charge in [0.25, 0.3) is 0 Å². The fraction of sp³-hybridized carbons (Fsp3) is 0.867. The Kier molecular flexibility index (Phi) is 5.56. The molecule has 0 spiro atoms. The van der Waals surface area contributed by atoms with Crippen LogP contribution in [0, 0.1) is 17.8 Å². The molecule has 0 aliphatic heterocycles. The molecule has 2 N–H and O–H groups in total. The van der Waals surface area contributed by atoms with Crippen LogP contribution < -0.4 is 10.9 Å². The summed E-state index contributed by atoms with van der Waals surface area (Å²) in [5.74, 6) is 2.38. The zero-order valence-electron chi connectivity index (χ0n) is 11.7. The van der Waals surface area contributed by atoms with Crippen LogP contribution in [0.2, 0.25) is 0 Å². The van der Waals surface area contributed by atoms with E-state index in [0.29, 0.717) is 12.0 Å². The lowest BCUT2D eigenvalue weighted by Crippen LogP contribution is -2.46. The summed E-state index contributed by atoms with van der Waals surface area (Å²) in [6.45, 7) is 4.75. The second kappa shape index (κ2) is 6.95. The van der Waals surface area contributed by atoms with Crippen molar-refractivity contribution in [3.05, 3.63) is 11.8 Å². The molecule has 0 aromatic rings.